The van der Waals surface area contributed by atoms with Crippen LogP contribution in [0, 0.1) is 0 Å². The third kappa shape index (κ3) is 11.0. The van der Waals surface area contributed by atoms with E-state index in [2.05, 4.69) is 21.3 Å². The Morgan fingerprint density at radius 3 is 1.46 bits per heavy atom. The number of carbonyl (C=O) groups is 6. The second kappa shape index (κ2) is 21.6. The summed E-state index contributed by atoms with van der Waals surface area (Å²) in [7, 11) is 1.60. The Balaban J connectivity index is 1.12. The maximum Gasteiger partial charge on any atom is 0.405 e. The first-order valence-electron chi connectivity index (χ1n) is 21.6. The summed E-state index contributed by atoms with van der Waals surface area (Å²) in [6.07, 6.45) is -0.795. The Morgan fingerprint density at radius 1 is 0.600 bits per heavy atom. The minimum atomic E-state index is -1.36. The van der Waals surface area contributed by atoms with E-state index < -0.39 is 60.0 Å². The van der Waals surface area contributed by atoms with Gasteiger partial charge in [-0.05, 0) is 61.1 Å². The van der Waals surface area contributed by atoms with Crippen molar-refractivity contribution in [2.24, 2.45) is 0 Å². The van der Waals surface area contributed by atoms with E-state index in [1.54, 1.807) is 79.9 Å². The molecule has 18 heteroatoms. The van der Waals surface area contributed by atoms with Crippen LogP contribution in [0.4, 0.5) is 21.0 Å². The van der Waals surface area contributed by atoms with E-state index in [0.29, 0.717) is 87.8 Å². The molecule has 2 unspecified atom stereocenters. The number of nitrogens with zero attached hydrogens (tertiary/aromatic N) is 3. The second-order valence-corrected chi connectivity index (χ2v) is 15.8. The van der Waals surface area contributed by atoms with E-state index in [1.807, 2.05) is 28.8 Å². The zero-order chi connectivity index (χ0) is 45.9. The van der Waals surface area contributed by atoms with Crippen molar-refractivity contribution in [3.05, 3.63) is 108 Å². The number of likely N-dealkylation sites (tertiary alicyclic amines) is 2. The van der Waals surface area contributed by atoms with Crippen molar-refractivity contribution in [1.29, 1.82) is 0 Å². The number of nitrogens with one attached hydrogen (secondary N) is 4. The molecule has 3 heterocycles. The van der Waals surface area contributed by atoms with Gasteiger partial charge in [0.1, 0.15) is 24.2 Å². The normalized spacial score (nSPS) is 16.9. The van der Waals surface area contributed by atoms with Gasteiger partial charge in [0.05, 0.1) is 44.1 Å². The Labute approximate surface area is 374 Å². The van der Waals surface area contributed by atoms with Crippen molar-refractivity contribution in [2.45, 2.75) is 56.4 Å². The van der Waals surface area contributed by atoms with E-state index in [1.165, 1.54) is 9.80 Å². The van der Waals surface area contributed by atoms with Gasteiger partial charge in [-0.15, -0.1) is 0 Å². The molecule has 0 spiro atoms. The van der Waals surface area contributed by atoms with Gasteiger partial charge >= 0.3 is 12.2 Å². The highest BCUT2D eigenvalue weighted by molar-refractivity contribution is 6.11. The number of ether oxygens (including phenoxy) is 3. The monoisotopic (exact) mass is 891 g/mol. The molecule has 0 aliphatic carbocycles. The van der Waals surface area contributed by atoms with Gasteiger partial charge in [0.15, 0.2) is 0 Å². The number of amides is 6. The van der Waals surface area contributed by atoms with Gasteiger partial charge in [-0.25, -0.2) is 9.59 Å². The molecule has 2 saturated heterocycles. The van der Waals surface area contributed by atoms with Crippen LogP contribution in [0.25, 0.3) is 21.8 Å². The van der Waals surface area contributed by atoms with Crippen molar-refractivity contribution in [3.8, 4) is 0 Å². The minimum absolute atomic E-state index is 0.288. The predicted molar refractivity (Wildman–Crippen MR) is 240 cm³/mol. The molecule has 2 aliphatic rings. The number of methoxy groups -OCH3 is 1. The molecule has 342 valence electrons. The zero-order valence-corrected chi connectivity index (χ0v) is 35.9. The maximum absolute atomic E-state index is 13.9. The molecule has 6 amide bonds. The average Bonchev–Trinajstić information content (AvgIpc) is 4.07. The van der Waals surface area contributed by atoms with Crippen LogP contribution in [0.1, 0.15) is 48.9 Å². The lowest BCUT2D eigenvalue weighted by atomic mass is 10.0. The molecule has 2 fully saturated rings. The number of benzene rings is 4. The van der Waals surface area contributed by atoms with E-state index in [-0.39, 0.29) is 13.1 Å². The van der Waals surface area contributed by atoms with Crippen LogP contribution in [0.2, 0.25) is 0 Å². The SMILES string of the molecule is COCCOCCOCCn1c2cc(NC(=O)[C@@H]3CCCN3C(=O)C(NC(=O)O)c3ccccc3)ccc2c2ccc(NC(=O)[C@@H]3CCCN3C(=O)C(NC(=O)O)c3ccccc3)cc21. The third-order valence-corrected chi connectivity index (χ3v) is 11.6. The van der Waals surface area contributed by atoms with Crippen LogP contribution in [0.5, 0.6) is 0 Å². The number of anilines is 2. The highest BCUT2D eigenvalue weighted by atomic mass is 16.5. The van der Waals surface area contributed by atoms with E-state index in [9.17, 15) is 39.0 Å². The van der Waals surface area contributed by atoms with Crippen LogP contribution < -0.4 is 21.3 Å². The lowest BCUT2D eigenvalue weighted by molar-refractivity contribution is -0.138. The molecule has 0 radical (unpaired) electrons. The van der Waals surface area contributed by atoms with Crippen LogP contribution >= 0.6 is 0 Å². The number of carboxylic acid groups (broad SMARTS) is 2. The molecule has 7 rings (SSSR count). The summed E-state index contributed by atoms with van der Waals surface area (Å²) in [5, 5.41) is 31.5. The van der Waals surface area contributed by atoms with E-state index in [4.69, 9.17) is 14.2 Å². The van der Waals surface area contributed by atoms with Gasteiger partial charge in [-0.3, -0.25) is 19.2 Å². The minimum Gasteiger partial charge on any atom is -0.465 e. The lowest BCUT2D eigenvalue weighted by Gasteiger charge is -2.28. The number of fused-ring (bicyclic) bond motifs is 3. The van der Waals surface area contributed by atoms with Crippen LogP contribution in [-0.4, -0.2) is 126 Å². The molecule has 4 aromatic carbocycles. The largest absolute Gasteiger partial charge is 0.465 e. The van der Waals surface area contributed by atoms with Crippen LogP contribution in [0.15, 0.2) is 97.1 Å². The fourth-order valence-electron chi connectivity index (χ4n) is 8.61. The number of carbonyl (C=O) groups excluding carboxylic acids is 4. The van der Waals surface area contributed by atoms with Crippen LogP contribution in [0.3, 0.4) is 0 Å². The van der Waals surface area contributed by atoms with Gasteiger partial charge in [-0.1, -0.05) is 72.8 Å². The quantitative estimate of drug-likeness (QED) is 0.0579. The van der Waals surface area contributed by atoms with E-state index in [0.717, 1.165) is 21.8 Å². The van der Waals surface area contributed by atoms with Crippen LogP contribution in [-0.2, 0) is 39.9 Å². The fraction of sp³-hybridized carbons (Fsp3) is 0.362. The highest BCUT2D eigenvalue weighted by Crippen LogP contribution is 2.34. The fourth-order valence-corrected chi connectivity index (χ4v) is 8.61. The molecule has 4 atom stereocenters. The van der Waals surface area contributed by atoms with Gasteiger partial charge in [0.2, 0.25) is 11.8 Å². The molecular formula is C47H53N7O11. The van der Waals surface area contributed by atoms with Crippen molar-refractivity contribution in [2.75, 3.05) is 63.9 Å². The smallest absolute Gasteiger partial charge is 0.405 e. The molecule has 1 aromatic heterocycles. The summed E-state index contributed by atoms with van der Waals surface area (Å²) < 4.78 is 18.6. The third-order valence-electron chi connectivity index (χ3n) is 11.6. The molecule has 0 saturated carbocycles. The Bertz CT molecular complexity index is 2340. The Morgan fingerprint density at radius 2 is 1.03 bits per heavy atom. The zero-order valence-electron chi connectivity index (χ0n) is 35.9. The van der Waals surface area contributed by atoms with E-state index >= 15 is 0 Å². The summed E-state index contributed by atoms with van der Waals surface area (Å²) in [4.78, 5) is 81.8. The van der Waals surface area contributed by atoms with Crippen molar-refractivity contribution < 1.29 is 53.2 Å². The van der Waals surface area contributed by atoms with Gasteiger partial charge in [0, 0.05) is 48.9 Å². The summed E-state index contributed by atoms with van der Waals surface area (Å²) in [6, 6.07) is 24.0. The molecule has 65 heavy (non-hydrogen) atoms. The molecule has 2 aliphatic heterocycles. The number of hydrogen-bond acceptors (Lipinski definition) is 9. The second-order valence-electron chi connectivity index (χ2n) is 15.8. The Hall–Kier alpha value is -7.02. The standard InChI is InChI=1S/C47H53N7O11/c1-63-24-25-65-27-26-64-23-22-52-38-28-32(48-42(55)36-14-8-20-53(36)44(57)40(50-46(59)60)30-10-4-2-5-11-30)16-18-34(38)35-19-17-33(29-39(35)52)49-43(56)37-15-9-21-54(37)45(58)41(51-47(61)62)31-12-6-3-7-13-31/h2-7,10-13,16-19,28-29,36-37,40-41,50-51H,8-9,14-15,20-27H2,1H3,(H,48,55)(H,49,56)(H,59,60)(H,61,62)/t36-,37-,40?,41?/m0/s1. The molecule has 5 aromatic rings. The summed E-state index contributed by atoms with van der Waals surface area (Å²) in [5.41, 5.74) is 3.42. The van der Waals surface area contributed by atoms with Gasteiger partial charge in [0.25, 0.3) is 11.8 Å². The first-order valence-corrected chi connectivity index (χ1v) is 21.6. The van der Waals surface area contributed by atoms with Crippen molar-refractivity contribution in [1.82, 2.24) is 25.0 Å². The van der Waals surface area contributed by atoms with Gasteiger partial charge < -0.3 is 60.1 Å². The number of hydrogen-bond donors (Lipinski definition) is 6. The highest BCUT2D eigenvalue weighted by Gasteiger charge is 2.40. The van der Waals surface area contributed by atoms with Crippen molar-refractivity contribution >= 4 is 69.0 Å². The predicted octanol–water partition coefficient (Wildman–Crippen LogP) is 5.35. The lowest BCUT2D eigenvalue weighted by Crippen LogP contribution is -2.48. The van der Waals surface area contributed by atoms with Crippen molar-refractivity contribution in [3.63, 3.8) is 0 Å². The topological polar surface area (TPSA) is 230 Å². The number of aromatic nitrogens is 1. The maximum atomic E-state index is 13.9. The first kappa shape index (κ1) is 46.0. The van der Waals surface area contributed by atoms with Gasteiger partial charge in [-0.2, -0.15) is 0 Å². The molecule has 6 N–H and O–H groups in total. The molecule has 0 bridgehead atoms. The summed E-state index contributed by atoms with van der Waals surface area (Å²) >= 11 is 0. The average molecular weight is 892 g/mol. The first-order chi connectivity index (χ1) is 31.5. The number of rotatable bonds is 19. The summed E-state index contributed by atoms with van der Waals surface area (Å²) in [6.45, 7) is 2.89. The Kier molecular flexibility index (Phi) is 15.3. The molecular weight excluding hydrogens is 839 g/mol. The summed E-state index contributed by atoms with van der Waals surface area (Å²) in [5.74, 6) is -1.85. The molecule has 18 nitrogen and oxygen atoms in total.